The second-order valence-electron chi connectivity index (χ2n) is 3.79. The molecule has 0 saturated carbocycles. The number of carbonyl (C=O) groups excluding carboxylic acids is 1. The third-order valence-corrected chi connectivity index (χ3v) is 2.30. The molecule has 0 fully saturated rings. The van der Waals surface area contributed by atoms with E-state index in [4.69, 9.17) is 9.84 Å². The minimum Gasteiger partial charge on any atom is -0.482 e. The molecule has 0 aliphatic heterocycles. The summed E-state index contributed by atoms with van der Waals surface area (Å²) in [5, 5.41) is 11.1. The summed E-state index contributed by atoms with van der Waals surface area (Å²) in [4.78, 5) is 29.7. The number of rotatable bonds is 5. The Morgan fingerprint density at radius 3 is 2.40 bits per heavy atom. The predicted molar refractivity (Wildman–Crippen MR) is 69.6 cm³/mol. The Labute approximate surface area is 114 Å². The smallest absolute Gasteiger partial charge is 0.341 e. The largest absolute Gasteiger partial charge is 0.482 e. The molecule has 7 nitrogen and oxygen atoms in total. The molecule has 1 aromatic carbocycles. The van der Waals surface area contributed by atoms with Crippen LogP contribution in [0.15, 0.2) is 43.0 Å². The van der Waals surface area contributed by atoms with E-state index in [1.807, 2.05) is 0 Å². The van der Waals surface area contributed by atoms with Crippen LogP contribution in [0.1, 0.15) is 10.4 Å². The third kappa shape index (κ3) is 3.77. The Kier molecular flexibility index (Phi) is 4.23. The van der Waals surface area contributed by atoms with Gasteiger partial charge in [-0.15, -0.1) is 0 Å². The number of ether oxygens (including phenoxy) is 1. The number of carboxylic acid groups (broad SMARTS) is 1. The van der Waals surface area contributed by atoms with Gasteiger partial charge >= 0.3 is 5.97 Å². The molecule has 0 spiro atoms. The minimum absolute atomic E-state index is 0.329. The minimum atomic E-state index is -1.05. The summed E-state index contributed by atoms with van der Waals surface area (Å²) in [6, 6.07) is 6.36. The van der Waals surface area contributed by atoms with Gasteiger partial charge in [-0.05, 0) is 24.3 Å². The molecule has 1 amide bonds. The molecule has 0 atom stereocenters. The molecule has 1 heterocycles. The van der Waals surface area contributed by atoms with Crippen LogP contribution in [0.25, 0.3) is 0 Å². The van der Waals surface area contributed by atoms with E-state index in [9.17, 15) is 9.59 Å². The highest BCUT2D eigenvalue weighted by atomic mass is 16.5. The highest BCUT2D eigenvalue weighted by Gasteiger charge is 2.06. The number of carbonyl (C=O) groups is 2. The molecule has 0 unspecified atom stereocenters. The zero-order chi connectivity index (χ0) is 14.4. The highest BCUT2D eigenvalue weighted by Crippen LogP contribution is 2.16. The lowest BCUT2D eigenvalue weighted by Crippen LogP contribution is -2.12. The molecule has 20 heavy (non-hydrogen) atoms. The lowest BCUT2D eigenvalue weighted by atomic mass is 10.2. The van der Waals surface area contributed by atoms with Gasteiger partial charge in [-0.1, -0.05) is 0 Å². The summed E-state index contributed by atoms with van der Waals surface area (Å²) < 4.78 is 4.98. The second kappa shape index (κ2) is 6.28. The molecule has 0 radical (unpaired) electrons. The highest BCUT2D eigenvalue weighted by molar-refractivity contribution is 6.03. The fraction of sp³-hybridized carbons (Fsp3) is 0.0769. The first kappa shape index (κ1) is 13.5. The van der Waals surface area contributed by atoms with Crippen LogP contribution in [-0.2, 0) is 4.79 Å². The van der Waals surface area contributed by atoms with E-state index in [1.54, 1.807) is 24.3 Å². The van der Waals surface area contributed by atoms with Crippen molar-refractivity contribution in [3.8, 4) is 5.75 Å². The first-order valence-corrected chi connectivity index (χ1v) is 5.66. The number of nitrogens with zero attached hydrogens (tertiary/aromatic N) is 2. The molecule has 2 N–H and O–H groups in total. The van der Waals surface area contributed by atoms with Crippen molar-refractivity contribution in [2.45, 2.75) is 0 Å². The predicted octanol–water partition coefficient (Wildman–Crippen LogP) is 1.19. The molecule has 0 aliphatic rings. The number of hydrogen-bond donors (Lipinski definition) is 2. The van der Waals surface area contributed by atoms with Crippen LogP contribution < -0.4 is 10.1 Å². The van der Waals surface area contributed by atoms with E-state index in [0.29, 0.717) is 17.0 Å². The van der Waals surface area contributed by atoms with Crippen LogP contribution in [0.5, 0.6) is 5.75 Å². The first-order valence-electron chi connectivity index (χ1n) is 5.66. The summed E-state index contributed by atoms with van der Waals surface area (Å²) in [6.07, 6.45) is 4.16. The van der Waals surface area contributed by atoms with Gasteiger partial charge in [0, 0.05) is 18.1 Å². The topological polar surface area (TPSA) is 101 Å². The third-order valence-electron chi connectivity index (χ3n) is 2.30. The maximum atomic E-state index is 11.8. The Bertz CT molecular complexity index is 599. The van der Waals surface area contributed by atoms with Crippen LogP contribution in [-0.4, -0.2) is 33.6 Å². The lowest BCUT2D eigenvalue weighted by molar-refractivity contribution is -0.139. The summed E-state index contributed by atoms with van der Waals surface area (Å²) >= 11 is 0. The zero-order valence-electron chi connectivity index (χ0n) is 10.3. The molecule has 0 saturated heterocycles. The van der Waals surface area contributed by atoms with Gasteiger partial charge in [0.1, 0.15) is 12.1 Å². The van der Waals surface area contributed by atoms with Crippen LogP contribution in [0.4, 0.5) is 5.69 Å². The fourth-order valence-electron chi connectivity index (χ4n) is 1.40. The molecular formula is C13H11N3O4. The lowest BCUT2D eigenvalue weighted by Gasteiger charge is -2.06. The van der Waals surface area contributed by atoms with Crippen LogP contribution in [0, 0.1) is 0 Å². The van der Waals surface area contributed by atoms with Gasteiger partial charge in [-0.3, -0.25) is 4.79 Å². The number of nitrogens with one attached hydrogen (secondary N) is 1. The van der Waals surface area contributed by atoms with Crippen molar-refractivity contribution in [1.82, 2.24) is 9.97 Å². The van der Waals surface area contributed by atoms with Gasteiger partial charge in [-0.25, -0.2) is 14.8 Å². The van der Waals surface area contributed by atoms with E-state index in [0.717, 1.165) is 0 Å². The second-order valence-corrected chi connectivity index (χ2v) is 3.79. The van der Waals surface area contributed by atoms with E-state index in [2.05, 4.69) is 15.3 Å². The standard InChI is InChI=1S/C13H11N3O4/c17-12(18)7-20-11-3-1-10(2-4-11)16-13(19)9-5-14-8-15-6-9/h1-6,8H,7H2,(H,16,19)(H,17,18). The van der Waals surface area contributed by atoms with E-state index in [-0.39, 0.29) is 5.91 Å². The van der Waals surface area contributed by atoms with E-state index in [1.165, 1.54) is 18.7 Å². The average molecular weight is 273 g/mol. The maximum Gasteiger partial charge on any atom is 0.341 e. The maximum absolute atomic E-state index is 11.8. The Morgan fingerprint density at radius 1 is 1.15 bits per heavy atom. The van der Waals surface area contributed by atoms with E-state index >= 15 is 0 Å². The van der Waals surface area contributed by atoms with E-state index < -0.39 is 12.6 Å². The monoisotopic (exact) mass is 273 g/mol. The Hall–Kier alpha value is -2.96. The van der Waals surface area contributed by atoms with Crippen molar-refractivity contribution >= 4 is 17.6 Å². The molecule has 1 aromatic heterocycles. The molecule has 2 aromatic rings. The molecule has 0 aliphatic carbocycles. The summed E-state index contributed by atoms with van der Waals surface area (Å²) in [5.74, 6) is -0.968. The number of amides is 1. The number of aromatic nitrogens is 2. The molecule has 0 bridgehead atoms. The van der Waals surface area contributed by atoms with Crippen molar-refractivity contribution in [3.63, 3.8) is 0 Å². The molecular weight excluding hydrogens is 262 g/mol. The van der Waals surface area contributed by atoms with Crippen molar-refractivity contribution in [2.75, 3.05) is 11.9 Å². The van der Waals surface area contributed by atoms with Crippen molar-refractivity contribution < 1.29 is 19.4 Å². The Morgan fingerprint density at radius 2 is 1.80 bits per heavy atom. The summed E-state index contributed by atoms with van der Waals surface area (Å²) in [5.41, 5.74) is 0.903. The van der Waals surface area contributed by atoms with Crippen LogP contribution >= 0.6 is 0 Å². The summed E-state index contributed by atoms with van der Waals surface area (Å²) in [7, 11) is 0. The SMILES string of the molecule is O=C(O)COc1ccc(NC(=O)c2cncnc2)cc1. The van der Waals surface area contributed by atoms with Crippen LogP contribution in [0.2, 0.25) is 0 Å². The number of benzene rings is 1. The average Bonchev–Trinajstić information content (AvgIpc) is 2.47. The van der Waals surface area contributed by atoms with Gasteiger partial charge in [-0.2, -0.15) is 0 Å². The molecule has 7 heteroatoms. The fourth-order valence-corrected chi connectivity index (χ4v) is 1.40. The van der Waals surface area contributed by atoms with Gasteiger partial charge in [0.05, 0.1) is 5.56 Å². The number of anilines is 1. The van der Waals surface area contributed by atoms with Crippen LogP contribution in [0.3, 0.4) is 0 Å². The molecule has 2 rings (SSSR count). The van der Waals surface area contributed by atoms with Gasteiger partial charge in [0.2, 0.25) is 0 Å². The first-order chi connectivity index (χ1) is 9.65. The zero-order valence-corrected chi connectivity index (χ0v) is 10.3. The summed E-state index contributed by atoms with van der Waals surface area (Å²) in [6.45, 7) is -0.410. The van der Waals surface area contributed by atoms with Gasteiger partial charge in [0.15, 0.2) is 6.61 Å². The van der Waals surface area contributed by atoms with Gasteiger partial charge < -0.3 is 15.2 Å². The number of hydrogen-bond acceptors (Lipinski definition) is 5. The quantitative estimate of drug-likeness (QED) is 0.848. The number of aliphatic carboxylic acids is 1. The van der Waals surface area contributed by atoms with Crippen molar-refractivity contribution in [2.24, 2.45) is 0 Å². The van der Waals surface area contributed by atoms with Crippen molar-refractivity contribution in [3.05, 3.63) is 48.5 Å². The number of carboxylic acids is 1. The Balaban J connectivity index is 1.97. The molecule has 102 valence electrons. The normalized spacial score (nSPS) is 9.80. The van der Waals surface area contributed by atoms with Crippen molar-refractivity contribution in [1.29, 1.82) is 0 Å². The van der Waals surface area contributed by atoms with Gasteiger partial charge in [0.25, 0.3) is 5.91 Å².